The van der Waals surface area contributed by atoms with Crippen LogP contribution in [0.2, 0.25) is 0 Å². The smallest absolute Gasteiger partial charge is 0.252 e. The zero-order valence-electron chi connectivity index (χ0n) is 11.6. The van der Waals surface area contributed by atoms with Gasteiger partial charge in [-0.25, -0.2) is 4.98 Å². The zero-order chi connectivity index (χ0) is 14.1. The maximum absolute atomic E-state index is 11.5. The predicted molar refractivity (Wildman–Crippen MR) is 80.7 cm³/mol. The molecule has 0 amide bonds. The van der Waals surface area contributed by atoms with E-state index in [1.807, 2.05) is 0 Å². The molecule has 0 unspecified atom stereocenters. The van der Waals surface area contributed by atoms with Crippen LogP contribution < -0.4 is 10.9 Å². The molecule has 0 aromatic carbocycles. The normalized spacial score (nSPS) is 10.9. The Kier molecular flexibility index (Phi) is 7.59. The van der Waals surface area contributed by atoms with Crippen molar-refractivity contribution in [3.05, 3.63) is 22.1 Å². The van der Waals surface area contributed by atoms with Gasteiger partial charge in [-0.2, -0.15) is 11.8 Å². The Morgan fingerprint density at radius 2 is 2.21 bits per heavy atom. The Balaban J connectivity index is 2.46. The minimum atomic E-state index is -0.118. The first-order valence-corrected chi connectivity index (χ1v) is 7.73. The van der Waals surface area contributed by atoms with Crippen LogP contribution in [-0.4, -0.2) is 33.5 Å². The van der Waals surface area contributed by atoms with Crippen LogP contribution in [0, 0.1) is 0 Å². The summed E-state index contributed by atoms with van der Waals surface area (Å²) in [7, 11) is 0. The van der Waals surface area contributed by atoms with E-state index in [9.17, 15) is 4.79 Å². The van der Waals surface area contributed by atoms with Crippen LogP contribution in [0.1, 0.15) is 38.8 Å². The van der Waals surface area contributed by atoms with Crippen LogP contribution in [0.5, 0.6) is 0 Å². The van der Waals surface area contributed by atoms with Crippen LogP contribution in [0.25, 0.3) is 0 Å². The Morgan fingerprint density at radius 1 is 1.42 bits per heavy atom. The molecule has 5 nitrogen and oxygen atoms in total. The summed E-state index contributed by atoms with van der Waals surface area (Å²) in [4.78, 5) is 18.6. The first-order valence-electron chi connectivity index (χ1n) is 6.68. The number of hydrogen-bond donors (Lipinski definition) is 3. The number of unbranched alkanes of at least 4 members (excludes halogenated alkanes) is 2. The van der Waals surface area contributed by atoms with Gasteiger partial charge in [0.15, 0.2) is 0 Å². The molecule has 0 saturated heterocycles. The van der Waals surface area contributed by atoms with Gasteiger partial charge in [-0.1, -0.05) is 13.8 Å². The fourth-order valence-electron chi connectivity index (χ4n) is 1.54. The van der Waals surface area contributed by atoms with Crippen molar-refractivity contribution in [1.82, 2.24) is 9.97 Å². The highest BCUT2D eigenvalue weighted by Gasteiger charge is 2.03. The van der Waals surface area contributed by atoms with Gasteiger partial charge < -0.3 is 10.4 Å². The first-order chi connectivity index (χ1) is 9.11. The maximum Gasteiger partial charge on any atom is 0.252 e. The number of aromatic nitrogens is 2. The van der Waals surface area contributed by atoms with Crippen LogP contribution in [0.15, 0.2) is 10.9 Å². The third-order valence-corrected chi connectivity index (χ3v) is 3.62. The van der Waals surface area contributed by atoms with Gasteiger partial charge in [0.25, 0.3) is 5.56 Å². The average molecular weight is 285 g/mol. The van der Waals surface area contributed by atoms with E-state index in [0.29, 0.717) is 11.2 Å². The molecular weight excluding hydrogens is 262 g/mol. The quantitative estimate of drug-likeness (QED) is 0.605. The summed E-state index contributed by atoms with van der Waals surface area (Å²) in [5.74, 6) is 1.29. The summed E-state index contributed by atoms with van der Waals surface area (Å²) in [6.07, 6.45) is 2.74. The minimum Gasteiger partial charge on any atom is -0.396 e. The van der Waals surface area contributed by atoms with E-state index in [0.717, 1.165) is 37.3 Å². The Morgan fingerprint density at radius 3 is 2.89 bits per heavy atom. The molecule has 1 heterocycles. The van der Waals surface area contributed by atoms with E-state index >= 15 is 0 Å². The van der Waals surface area contributed by atoms with Crippen LogP contribution in [-0.2, 0) is 5.75 Å². The van der Waals surface area contributed by atoms with Gasteiger partial charge in [0.1, 0.15) is 0 Å². The van der Waals surface area contributed by atoms with Gasteiger partial charge in [0, 0.05) is 25.0 Å². The predicted octanol–water partition coefficient (Wildman–Crippen LogP) is 1.99. The Labute approximate surface area is 118 Å². The number of thioether (sulfide) groups is 1. The number of nitrogens with one attached hydrogen (secondary N) is 2. The van der Waals surface area contributed by atoms with Crippen molar-refractivity contribution in [1.29, 1.82) is 0 Å². The lowest BCUT2D eigenvalue weighted by molar-refractivity contribution is 0.283. The average Bonchev–Trinajstić information content (AvgIpc) is 2.35. The lowest BCUT2D eigenvalue weighted by atomic mass is 10.2. The summed E-state index contributed by atoms with van der Waals surface area (Å²) in [5, 5.41) is 12.3. The van der Waals surface area contributed by atoms with Gasteiger partial charge in [-0.05, 0) is 24.5 Å². The molecule has 0 atom stereocenters. The third kappa shape index (κ3) is 7.22. The standard InChI is InChI=1S/C13H23N3O2S/c1-10(2)19-9-11-8-12(18)16-13(15-11)14-6-4-3-5-7-17/h8,10,17H,3-7,9H2,1-2H3,(H2,14,15,16,18). The molecule has 0 fully saturated rings. The van der Waals surface area contributed by atoms with Crippen molar-refractivity contribution in [3.63, 3.8) is 0 Å². The minimum absolute atomic E-state index is 0.118. The van der Waals surface area contributed by atoms with Crippen molar-refractivity contribution < 1.29 is 5.11 Å². The van der Waals surface area contributed by atoms with Crippen molar-refractivity contribution in [2.75, 3.05) is 18.5 Å². The molecule has 0 spiro atoms. The maximum atomic E-state index is 11.5. The zero-order valence-corrected chi connectivity index (χ0v) is 12.4. The van der Waals surface area contributed by atoms with E-state index in [1.165, 1.54) is 0 Å². The number of nitrogens with zero attached hydrogens (tertiary/aromatic N) is 1. The van der Waals surface area contributed by atoms with Crippen molar-refractivity contribution in [2.45, 2.75) is 44.1 Å². The Hall–Kier alpha value is -1.01. The lowest BCUT2D eigenvalue weighted by Gasteiger charge is -2.08. The van der Waals surface area contributed by atoms with E-state index in [1.54, 1.807) is 17.8 Å². The Bertz CT molecular complexity index is 421. The van der Waals surface area contributed by atoms with Gasteiger partial charge in [-0.15, -0.1) is 0 Å². The van der Waals surface area contributed by atoms with Crippen molar-refractivity contribution in [3.8, 4) is 0 Å². The molecule has 0 radical (unpaired) electrons. The topological polar surface area (TPSA) is 78.0 Å². The van der Waals surface area contributed by atoms with E-state index in [2.05, 4.69) is 29.1 Å². The number of H-pyrrole nitrogens is 1. The number of anilines is 1. The lowest BCUT2D eigenvalue weighted by Crippen LogP contribution is -2.14. The second-order valence-corrected chi connectivity index (χ2v) is 6.22. The number of aliphatic hydroxyl groups is 1. The van der Waals surface area contributed by atoms with Crippen LogP contribution in [0.3, 0.4) is 0 Å². The summed E-state index contributed by atoms with van der Waals surface area (Å²) >= 11 is 1.77. The molecule has 1 aromatic heterocycles. The SMILES string of the molecule is CC(C)SCc1cc(=O)[nH]c(NCCCCCO)n1. The van der Waals surface area contributed by atoms with Gasteiger partial charge in [0.05, 0.1) is 5.69 Å². The first kappa shape index (κ1) is 16.0. The van der Waals surface area contributed by atoms with Crippen LogP contribution in [0.4, 0.5) is 5.95 Å². The molecule has 0 saturated carbocycles. The molecule has 3 N–H and O–H groups in total. The summed E-state index contributed by atoms with van der Waals surface area (Å²) in [6.45, 7) is 5.23. The summed E-state index contributed by atoms with van der Waals surface area (Å²) in [5.41, 5.74) is 0.688. The monoisotopic (exact) mass is 285 g/mol. The van der Waals surface area contributed by atoms with Gasteiger partial charge >= 0.3 is 0 Å². The molecule has 108 valence electrons. The van der Waals surface area contributed by atoms with Gasteiger partial charge in [0.2, 0.25) is 5.95 Å². The molecule has 0 bridgehead atoms. The van der Waals surface area contributed by atoms with E-state index in [4.69, 9.17) is 5.11 Å². The highest BCUT2D eigenvalue weighted by Crippen LogP contribution is 2.15. The molecule has 0 aliphatic heterocycles. The van der Waals surface area contributed by atoms with E-state index in [-0.39, 0.29) is 12.2 Å². The second-order valence-electron chi connectivity index (χ2n) is 4.66. The van der Waals surface area contributed by atoms with E-state index < -0.39 is 0 Å². The molecule has 1 aromatic rings. The highest BCUT2D eigenvalue weighted by molar-refractivity contribution is 7.99. The van der Waals surface area contributed by atoms with Crippen molar-refractivity contribution in [2.24, 2.45) is 0 Å². The molecule has 19 heavy (non-hydrogen) atoms. The number of aliphatic hydroxyl groups excluding tert-OH is 1. The molecule has 0 aliphatic rings. The second kappa shape index (κ2) is 8.98. The number of rotatable bonds is 9. The fraction of sp³-hybridized carbons (Fsp3) is 0.692. The van der Waals surface area contributed by atoms with Crippen molar-refractivity contribution >= 4 is 17.7 Å². The third-order valence-electron chi connectivity index (χ3n) is 2.49. The fourth-order valence-corrected chi connectivity index (χ4v) is 2.19. The molecular formula is C13H23N3O2S. The number of aromatic amines is 1. The van der Waals surface area contributed by atoms with Gasteiger partial charge in [-0.3, -0.25) is 9.78 Å². The summed E-state index contributed by atoms with van der Waals surface area (Å²) < 4.78 is 0. The summed E-state index contributed by atoms with van der Waals surface area (Å²) in [6, 6.07) is 1.55. The molecule has 6 heteroatoms. The largest absolute Gasteiger partial charge is 0.396 e. The molecule has 1 rings (SSSR count). The highest BCUT2D eigenvalue weighted by atomic mass is 32.2. The number of hydrogen-bond acceptors (Lipinski definition) is 5. The van der Waals surface area contributed by atoms with Crippen LogP contribution >= 0.6 is 11.8 Å². The molecule has 0 aliphatic carbocycles.